The summed E-state index contributed by atoms with van der Waals surface area (Å²) < 4.78 is 35.8. The zero-order valence-corrected chi connectivity index (χ0v) is 8.87. The summed E-state index contributed by atoms with van der Waals surface area (Å²) in [5.74, 6) is -0.556. The largest absolute Gasteiger partial charge is 0.416 e. The first-order chi connectivity index (χ1) is 7.89. The van der Waals surface area contributed by atoms with E-state index in [9.17, 15) is 18.0 Å². The van der Waals surface area contributed by atoms with Crippen LogP contribution in [-0.4, -0.2) is 29.8 Å². The van der Waals surface area contributed by atoms with Crippen LogP contribution in [0.3, 0.4) is 0 Å². The van der Waals surface area contributed by atoms with Gasteiger partial charge >= 0.3 is 6.18 Å². The highest BCUT2D eigenvalue weighted by Gasteiger charge is 2.38. The lowest BCUT2D eigenvalue weighted by molar-refractivity contribution is -0.201. The van der Waals surface area contributed by atoms with Crippen LogP contribution in [0.15, 0.2) is 30.3 Å². The van der Waals surface area contributed by atoms with Gasteiger partial charge in [-0.2, -0.15) is 13.2 Å². The summed E-state index contributed by atoms with van der Waals surface area (Å²) in [5.41, 5.74) is 0.700. The third kappa shape index (κ3) is 4.86. The number of hydrogen-bond acceptors (Lipinski definition) is 2. The van der Waals surface area contributed by atoms with Crippen molar-refractivity contribution in [3.8, 4) is 0 Å². The molecule has 0 spiro atoms. The van der Waals surface area contributed by atoms with Gasteiger partial charge in [-0.15, -0.1) is 0 Å². The normalized spacial score (nSPS) is 13.2. The molecule has 0 aliphatic heterocycles. The Bertz CT molecular complexity index is 365. The molecule has 1 atom stereocenters. The van der Waals surface area contributed by atoms with E-state index in [2.05, 4.69) is 0 Å². The quantitative estimate of drug-likeness (QED) is 0.841. The van der Waals surface area contributed by atoms with Crippen LogP contribution in [-0.2, 0) is 11.2 Å². The fourth-order valence-electron chi connectivity index (χ4n) is 1.17. The van der Waals surface area contributed by atoms with Crippen LogP contribution in [0, 0.1) is 0 Å². The number of hydrogen-bond donors (Lipinski definition) is 2. The summed E-state index contributed by atoms with van der Waals surface area (Å²) >= 11 is 0. The maximum absolute atomic E-state index is 11.9. The second kappa shape index (κ2) is 5.67. The molecule has 0 fully saturated rings. The molecule has 1 amide bonds. The maximum atomic E-state index is 11.9. The number of alkyl halides is 3. The van der Waals surface area contributed by atoms with Crippen LogP contribution in [0.5, 0.6) is 0 Å². The summed E-state index contributed by atoms with van der Waals surface area (Å²) in [7, 11) is 0. The molecule has 0 heterocycles. The molecule has 6 heteroatoms. The molecular formula is C11H12F3NO2. The van der Waals surface area contributed by atoms with E-state index < -0.39 is 24.7 Å². The minimum Gasteiger partial charge on any atom is -0.382 e. The van der Waals surface area contributed by atoms with Crippen LogP contribution < -0.4 is 5.32 Å². The molecule has 3 nitrogen and oxygen atoms in total. The Morgan fingerprint density at radius 1 is 1.29 bits per heavy atom. The SMILES string of the molecule is O=C(Cc1ccccc1)NCC(O)C(F)(F)F. The highest BCUT2D eigenvalue weighted by molar-refractivity contribution is 5.78. The molecule has 94 valence electrons. The number of carbonyl (C=O) groups excluding carboxylic acids is 1. The second-order valence-electron chi connectivity index (χ2n) is 3.52. The monoisotopic (exact) mass is 247 g/mol. The van der Waals surface area contributed by atoms with E-state index >= 15 is 0 Å². The Balaban J connectivity index is 2.36. The molecule has 0 radical (unpaired) electrons. The number of aliphatic hydroxyl groups excluding tert-OH is 1. The van der Waals surface area contributed by atoms with E-state index in [4.69, 9.17) is 5.11 Å². The molecule has 1 unspecified atom stereocenters. The van der Waals surface area contributed by atoms with E-state index in [0.717, 1.165) is 0 Å². The number of nitrogens with one attached hydrogen (secondary N) is 1. The Kier molecular flexibility index (Phi) is 4.51. The summed E-state index contributed by atoms with van der Waals surface area (Å²) in [5, 5.41) is 10.7. The minimum atomic E-state index is -4.71. The first kappa shape index (κ1) is 13.5. The zero-order chi connectivity index (χ0) is 12.9. The fraction of sp³-hybridized carbons (Fsp3) is 0.364. The standard InChI is InChI=1S/C11H12F3NO2/c12-11(13,14)9(16)7-15-10(17)6-8-4-2-1-3-5-8/h1-5,9,16H,6-7H2,(H,15,17). The van der Waals surface area contributed by atoms with Crippen LogP contribution in [0.25, 0.3) is 0 Å². The van der Waals surface area contributed by atoms with E-state index in [1.807, 2.05) is 5.32 Å². The molecule has 0 saturated carbocycles. The van der Waals surface area contributed by atoms with E-state index in [0.29, 0.717) is 5.56 Å². The smallest absolute Gasteiger partial charge is 0.382 e. The molecule has 1 aromatic rings. The van der Waals surface area contributed by atoms with Gasteiger partial charge in [-0.1, -0.05) is 30.3 Å². The highest BCUT2D eigenvalue weighted by atomic mass is 19.4. The Morgan fingerprint density at radius 3 is 2.41 bits per heavy atom. The van der Waals surface area contributed by atoms with Crippen molar-refractivity contribution >= 4 is 5.91 Å². The summed E-state index contributed by atoms with van der Waals surface area (Å²) in [6, 6.07) is 8.62. The molecule has 0 aliphatic carbocycles. The Hall–Kier alpha value is -1.56. The molecule has 0 saturated heterocycles. The van der Waals surface area contributed by atoms with Gasteiger partial charge in [-0.25, -0.2) is 0 Å². The topological polar surface area (TPSA) is 49.3 Å². The van der Waals surface area contributed by atoms with E-state index in [1.54, 1.807) is 30.3 Å². The van der Waals surface area contributed by atoms with Crippen molar-refractivity contribution in [2.75, 3.05) is 6.54 Å². The van der Waals surface area contributed by atoms with Gasteiger partial charge < -0.3 is 10.4 Å². The molecule has 0 aromatic heterocycles. The number of carbonyl (C=O) groups is 1. The Morgan fingerprint density at radius 2 is 1.88 bits per heavy atom. The predicted octanol–water partition coefficient (Wildman–Crippen LogP) is 1.27. The van der Waals surface area contributed by atoms with Gasteiger partial charge in [0.25, 0.3) is 0 Å². The predicted molar refractivity (Wildman–Crippen MR) is 55.2 cm³/mol. The number of aliphatic hydroxyl groups is 1. The lowest BCUT2D eigenvalue weighted by atomic mass is 10.1. The van der Waals surface area contributed by atoms with Crippen molar-refractivity contribution in [1.82, 2.24) is 5.32 Å². The van der Waals surface area contributed by atoms with Gasteiger partial charge in [0.2, 0.25) is 5.91 Å². The van der Waals surface area contributed by atoms with E-state index in [1.165, 1.54) is 0 Å². The number of amides is 1. The molecule has 0 bridgehead atoms. The van der Waals surface area contributed by atoms with Crippen LogP contribution in [0.2, 0.25) is 0 Å². The van der Waals surface area contributed by atoms with Crippen molar-refractivity contribution in [1.29, 1.82) is 0 Å². The van der Waals surface area contributed by atoms with Crippen molar-refractivity contribution in [2.45, 2.75) is 18.7 Å². The van der Waals surface area contributed by atoms with Crippen LogP contribution in [0.1, 0.15) is 5.56 Å². The van der Waals surface area contributed by atoms with Gasteiger partial charge in [-0.3, -0.25) is 4.79 Å². The van der Waals surface area contributed by atoms with E-state index in [-0.39, 0.29) is 6.42 Å². The van der Waals surface area contributed by atoms with Gasteiger partial charge in [-0.05, 0) is 5.56 Å². The van der Waals surface area contributed by atoms with Crippen molar-refractivity contribution in [3.05, 3.63) is 35.9 Å². The van der Waals surface area contributed by atoms with Gasteiger partial charge in [0, 0.05) is 0 Å². The van der Waals surface area contributed by atoms with Crippen molar-refractivity contribution in [3.63, 3.8) is 0 Å². The fourth-order valence-corrected chi connectivity index (χ4v) is 1.17. The molecule has 2 N–H and O–H groups in total. The van der Waals surface area contributed by atoms with Crippen molar-refractivity contribution < 1.29 is 23.1 Å². The average molecular weight is 247 g/mol. The first-order valence-corrected chi connectivity index (χ1v) is 4.95. The lowest BCUT2D eigenvalue weighted by Crippen LogP contribution is -2.41. The summed E-state index contributed by atoms with van der Waals surface area (Å²) in [6.07, 6.45) is -7.24. The van der Waals surface area contributed by atoms with Crippen molar-refractivity contribution in [2.24, 2.45) is 0 Å². The Labute approximate surface area is 96.3 Å². The zero-order valence-electron chi connectivity index (χ0n) is 8.87. The molecular weight excluding hydrogens is 235 g/mol. The molecule has 1 aromatic carbocycles. The van der Waals surface area contributed by atoms with Gasteiger partial charge in [0.05, 0.1) is 13.0 Å². The number of rotatable bonds is 4. The lowest BCUT2D eigenvalue weighted by Gasteiger charge is -2.14. The molecule has 1 rings (SSSR count). The number of halogens is 3. The third-order valence-electron chi connectivity index (χ3n) is 2.08. The maximum Gasteiger partial charge on any atom is 0.416 e. The summed E-state index contributed by atoms with van der Waals surface area (Å²) in [4.78, 5) is 11.3. The second-order valence-corrected chi connectivity index (χ2v) is 3.52. The first-order valence-electron chi connectivity index (χ1n) is 4.95. The third-order valence-corrected chi connectivity index (χ3v) is 2.08. The van der Waals surface area contributed by atoms with Gasteiger partial charge in [0.15, 0.2) is 6.10 Å². The summed E-state index contributed by atoms with van der Waals surface area (Å²) in [6.45, 7) is -0.824. The van der Waals surface area contributed by atoms with Gasteiger partial charge in [0.1, 0.15) is 0 Å². The van der Waals surface area contributed by atoms with Crippen LogP contribution in [0.4, 0.5) is 13.2 Å². The molecule has 0 aliphatic rings. The average Bonchev–Trinajstić information content (AvgIpc) is 2.26. The molecule has 17 heavy (non-hydrogen) atoms. The van der Waals surface area contributed by atoms with Crippen LogP contribution >= 0.6 is 0 Å². The minimum absolute atomic E-state index is 0.00851. The highest BCUT2D eigenvalue weighted by Crippen LogP contribution is 2.19. The number of benzene rings is 1.